The lowest BCUT2D eigenvalue weighted by Crippen LogP contribution is -2.32. The summed E-state index contributed by atoms with van der Waals surface area (Å²) < 4.78 is 0. The number of amides is 1. The second kappa shape index (κ2) is 5.35. The van der Waals surface area contributed by atoms with Crippen LogP contribution in [0.4, 0.5) is 0 Å². The standard InChI is InChI=1S/C15H21NO/c1-11(2)12-7-9-13(10-8-12)15(17)16-14-5-3-4-6-14/h7-11,14H,3-6H2,1-2H3,(H,16,17). The van der Waals surface area contributed by atoms with E-state index >= 15 is 0 Å². The van der Waals surface area contributed by atoms with Crippen LogP contribution in [0.25, 0.3) is 0 Å². The van der Waals surface area contributed by atoms with Gasteiger partial charge in [-0.1, -0.05) is 38.8 Å². The van der Waals surface area contributed by atoms with Gasteiger partial charge in [-0.25, -0.2) is 0 Å². The van der Waals surface area contributed by atoms with Gasteiger partial charge in [0.15, 0.2) is 0 Å². The Morgan fingerprint density at radius 1 is 1.18 bits per heavy atom. The van der Waals surface area contributed by atoms with Gasteiger partial charge in [0.1, 0.15) is 0 Å². The second-order valence-electron chi connectivity index (χ2n) is 5.23. The van der Waals surface area contributed by atoms with Crippen LogP contribution in [0, 0.1) is 0 Å². The van der Waals surface area contributed by atoms with E-state index in [9.17, 15) is 4.79 Å². The first-order chi connectivity index (χ1) is 8.16. The summed E-state index contributed by atoms with van der Waals surface area (Å²) in [4.78, 5) is 12.0. The molecule has 0 spiro atoms. The highest BCUT2D eigenvalue weighted by molar-refractivity contribution is 5.94. The van der Waals surface area contributed by atoms with Crippen molar-refractivity contribution >= 4 is 5.91 Å². The van der Waals surface area contributed by atoms with E-state index in [0.717, 1.165) is 18.4 Å². The third kappa shape index (κ3) is 3.09. The van der Waals surface area contributed by atoms with Gasteiger partial charge in [0.2, 0.25) is 0 Å². The molecule has 1 aromatic carbocycles. The van der Waals surface area contributed by atoms with E-state index in [-0.39, 0.29) is 5.91 Å². The summed E-state index contributed by atoms with van der Waals surface area (Å²) in [6.07, 6.45) is 4.76. The zero-order valence-corrected chi connectivity index (χ0v) is 10.7. The van der Waals surface area contributed by atoms with E-state index in [4.69, 9.17) is 0 Å². The second-order valence-corrected chi connectivity index (χ2v) is 5.23. The van der Waals surface area contributed by atoms with Gasteiger partial charge in [-0.2, -0.15) is 0 Å². The van der Waals surface area contributed by atoms with E-state index in [0.29, 0.717) is 12.0 Å². The molecule has 2 nitrogen and oxygen atoms in total. The highest BCUT2D eigenvalue weighted by Crippen LogP contribution is 2.19. The highest BCUT2D eigenvalue weighted by atomic mass is 16.1. The van der Waals surface area contributed by atoms with Crippen LogP contribution in [0.5, 0.6) is 0 Å². The third-order valence-corrected chi connectivity index (χ3v) is 3.53. The van der Waals surface area contributed by atoms with E-state index < -0.39 is 0 Å². The van der Waals surface area contributed by atoms with E-state index in [1.165, 1.54) is 18.4 Å². The van der Waals surface area contributed by atoms with Crippen molar-refractivity contribution in [2.24, 2.45) is 0 Å². The molecule has 2 heteroatoms. The van der Waals surface area contributed by atoms with Gasteiger partial charge in [-0.3, -0.25) is 4.79 Å². The molecule has 0 aromatic heterocycles. The van der Waals surface area contributed by atoms with Gasteiger partial charge in [0.05, 0.1) is 0 Å². The molecule has 0 saturated heterocycles. The number of carbonyl (C=O) groups is 1. The SMILES string of the molecule is CC(C)c1ccc(C(=O)NC2CCCC2)cc1. The van der Waals surface area contributed by atoms with Crippen LogP contribution in [0.3, 0.4) is 0 Å². The van der Waals surface area contributed by atoms with Crippen molar-refractivity contribution < 1.29 is 4.79 Å². The number of rotatable bonds is 3. The van der Waals surface area contributed by atoms with E-state index in [1.54, 1.807) is 0 Å². The first-order valence-corrected chi connectivity index (χ1v) is 6.57. The van der Waals surface area contributed by atoms with Crippen molar-refractivity contribution in [3.8, 4) is 0 Å². The van der Waals surface area contributed by atoms with Crippen LogP contribution in [0.15, 0.2) is 24.3 Å². The Hall–Kier alpha value is -1.31. The fourth-order valence-electron chi connectivity index (χ4n) is 2.36. The Labute approximate surface area is 103 Å². The summed E-state index contributed by atoms with van der Waals surface area (Å²) >= 11 is 0. The van der Waals surface area contributed by atoms with Crippen molar-refractivity contribution in [2.75, 3.05) is 0 Å². The van der Waals surface area contributed by atoms with Gasteiger partial charge < -0.3 is 5.32 Å². The molecule has 0 unspecified atom stereocenters. The van der Waals surface area contributed by atoms with Gasteiger partial charge >= 0.3 is 0 Å². The Morgan fingerprint density at radius 2 is 1.76 bits per heavy atom. The molecule has 0 aliphatic heterocycles. The smallest absolute Gasteiger partial charge is 0.251 e. The Kier molecular flexibility index (Phi) is 3.82. The maximum Gasteiger partial charge on any atom is 0.251 e. The molecule has 0 radical (unpaired) electrons. The van der Waals surface area contributed by atoms with Crippen LogP contribution in [0.1, 0.15) is 61.4 Å². The molecule has 1 saturated carbocycles. The third-order valence-electron chi connectivity index (χ3n) is 3.53. The van der Waals surface area contributed by atoms with Crippen molar-refractivity contribution in [3.05, 3.63) is 35.4 Å². The summed E-state index contributed by atoms with van der Waals surface area (Å²) in [7, 11) is 0. The van der Waals surface area contributed by atoms with E-state index in [2.05, 4.69) is 19.2 Å². The lowest BCUT2D eigenvalue weighted by molar-refractivity contribution is 0.0938. The minimum Gasteiger partial charge on any atom is -0.349 e. The average molecular weight is 231 g/mol. The molecule has 0 atom stereocenters. The summed E-state index contributed by atoms with van der Waals surface area (Å²) in [6.45, 7) is 4.32. The molecule has 17 heavy (non-hydrogen) atoms. The van der Waals surface area contributed by atoms with Gasteiger partial charge in [0.25, 0.3) is 5.91 Å². The lowest BCUT2D eigenvalue weighted by atomic mass is 10.0. The van der Waals surface area contributed by atoms with Crippen molar-refractivity contribution in [2.45, 2.75) is 51.5 Å². The molecular weight excluding hydrogens is 210 g/mol. The number of nitrogens with one attached hydrogen (secondary N) is 1. The van der Waals surface area contributed by atoms with E-state index in [1.807, 2.05) is 24.3 Å². The number of hydrogen-bond acceptors (Lipinski definition) is 1. The average Bonchev–Trinajstić information content (AvgIpc) is 2.82. The number of carbonyl (C=O) groups excluding carboxylic acids is 1. The molecule has 1 aliphatic rings. The maximum absolute atomic E-state index is 12.0. The number of benzene rings is 1. The largest absolute Gasteiger partial charge is 0.349 e. The van der Waals surface area contributed by atoms with Crippen LogP contribution >= 0.6 is 0 Å². The Morgan fingerprint density at radius 3 is 2.29 bits per heavy atom. The summed E-state index contributed by atoms with van der Waals surface area (Å²) in [6, 6.07) is 8.36. The topological polar surface area (TPSA) is 29.1 Å². The molecule has 1 fully saturated rings. The maximum atomic E-state index is 12.0. The minimum absolute atomic E-state index is 0.0761. The Balaban J connectivity index is 1.98. The fourth-order valence-corrected chi connectivity index (χ4v) is 2.36. The zero-order chi connectivity index (χ0) is 12.3. The molecule has 1 aromatic rings. The quantitative estimate of drug-likeness (QED) is 0.847. The normalized spacial score (nSPS) is 16.4. The van der Waals surface area contributed by atoms with Crippen LogP contribution in [-0.4, -0.2) is 11.9 Å². The van der Waals surface area contributed by atoms with Gasteiger partial charge in [-0.15, -0.1) is 0 Å². The summed E-state index contributed by atoms with van der Waals surface area (Å²) in [5.41, 5.74) is 2.06. The molecule has 2 rings (SSSR count). The van der Waals surface area contributed by atoms with Crippen molar-refractivity contribution in [3.63, 3.8) is 0 Å². The predicted octanol–water partition coefficient (Wildman–Crippen LogP) is 3.48. The van der Waals surface area contributed by atoms with Crippen molar-refractivity contribution in [1.82, 2.24) is 5.32 Å². The monoisotopic (exact) mass is 231 g/mol. The van der Waals surface area contributed by atoms with Crippen LogP contribution in [-0.2, 0) is 0 Å². The first-order valence-electron chi connectivity index (χ1n) is 6.57. The molecule has 1 N–H and O–H groups in total. The number of hydrogen-bond donors (Lipinski definition) is 1. The molecule has 0 bridgehead atoms. The molecule has 92 valence electrons. The molecular formula is C15H21NO. The molecule has 1 amide bonds. The summed E-state index contributed by atoms with van der Waals surface area (Å²) in [5.74, 6) is 0.592. The van der Waals surface area contributed by atoms with Crippen molar-refractivity contribution in [1.29, 1.82) is 0 Å². The highest BCUT2D eigenvalue weighted by Gasteiger charge is 2.17. The van der Waals surface area contributed by atoms with Gasteiger partial charge in [-0.05, 0) is 36.5 Å². The first kappa shape index (κ1) is 12.2. The molecule has 0 heterocycles. The predicted molar refractivity (Wildman–Crippen MR) is 70.3 cm³/mol. The zero-order valence-electron chi connectivity index (χ0n) is 10.7. The van der Waals surface area contributed by atoms with Crippen LogP contribution < -0.4 is 5.32 Å². The van der Waals surface area contributed by atoms with Crippen LogP contribution in [0.2, 0.25) is 0 Å². The summed E-state index contributed by atoms with van der Waals surface area (Å²) in [5, 5.41) is 3.10. The molecule has 1 aliphatic carbocycles. The fraction of sp³-hybridized carbons (Fsp3) is 0.533. The lowest BCUT2D eigenvalue weighted by Gasteiger charge is -2.12. The Bertz CT molecular complexity index is 374. The minimum atomic E-state index is 0.0761. The van der Waals surface area contributed by atoms with Gasteiger partial charge in [0, 0.05) is 11.6 Å².